The minimum Gasteiger partial charge on any atom is -0.268 e. The molecule has 2 amide bonds. The summed E-state index contributed by atoms with van der Waals surface area (Å²) < 4.78 is 0.818. The van der Waals surface area contributed by atoms with E-state index in [1.54, 1.807) is 24.3 Å². The summed E-state index contributed by atoms with van der Waals surface area (Å²) >= 11 is 3.27. The van der Waals surface area contributed by atoms with E-state index in [2.05, 4.69) is 15.9 Å². The molecule has 0 saturated heterocycles. The van der Waals surface area contributed by atoms with Crippen LogP contribution in [0.1, 0.15) is 20.7 Å². The van der Waals surface area contributed by atoms with E-state index < -0.39 is 16.7 Å². The van der Waals surface area contributed by atoms with Gasteiger partial charge in [-0.25, -0.2) is 4.90 Å². The lowest BCUT2D eigenvalue weighted by atomic mass is 10.1. The molecule has 0 aliphatic carbocycles. The SMILES string of the molecule is O=C1c2ccc([N+](=O)[O-])cc2C(=O)N1c1ccc(Br)cc1. The fraction of sp³-hybridized carbons (Fsp3) is 0. The van der Waals surface area contributed by atoms with Crippen LogP contribution in [0, 0.1) is 10.1 Å². The zero-order valence-corrected chi connectivity index (χ0v) is 12.0. The van der Waals surface area contributed by atoms with Crippen LogP contribution in [0.3, 0.4) is 0 Å². The molecular formula is C14H7BrN2O4. The number of hydrogen-bond acceptors (Lipinski definition) is 4. The van der Waals surface area contributed by atoms with E-state index in [1.807, 2.05) is 0 Å². The summed E-state index contributed by atoms with van der Waals surface area (Å²) in [5, 5.41) is 10.8. The van der Waals surface area contributed by atoms with Crippen molar-refractivity contribution in [1.29, 1.82) is 0 Å². The number of halogens is 1. The van der Waals surface area contributed by atoms with Gasteiger partial charge in [-0.05, 0) is 30.3 Å². The highest BCUT2D eigenvalue weighted by atomic mass is 79.9. The third-order valence-corrected chi connectivity index (χ3v) is 3.69. The van der Waals surface area contributed by atoms with E-state index in [-0.39, 0.29) is 16.8 Å². The largest absolute Gasteiger partial charge is 0.270 e. The first-order valence-electron chi connectivity index (χ1n) is 5.92. The van der Waals surface area contributed by atoms with Crippen molar-refractivity contribution in [3.8, 4) is 0 Å². The minimum atomic E-state index is -0.597. The molecule has 7 heteroatoms. The minimum absolute atomic E-state index is 0.0529. The summed E-state index contributed by atoms with van der Waals surface area (Å²) in [6, 6.07) is 10.3. The van der Waals surface area contributed by atoms with Crippen LogP contribution in [0.4, 0.5) is 11.4 Å². The Hall–Kier alpha value is -2.54. The van der Waals surface area contributed by atoms with E-state index in [9.17, 15) is 19.7 Å². The lowest BCUT2D eigenvalue weighted by Crippen LogP contribution is -2.29. The fourth-order valence-electron chi connectivity index (χ4n) is 2.17. The number of rotatable bonds is 2. The van der Waals surface area contributed by atoms with Crippen molar-refractivity contribution >= 4 is 39.1 Å². The van der Waals surface area contributed by atoms with Gasteiger partial charge in [-0.1, -0.05) is 15.9 Å². The first-order valence-corrected chi connectivity index (χ1v) is 6.71. The van der Waals surface area contributed by atoms with Gasteiger partial charge >= 0.3 is 0 Å². The zero-order valence-electron chi connectivity index (χ0n) is 10.4. The summed E-state index contributed by atoms with van der Waals surface area (Å²) in [5.74, 6) is -1.03. The van der Waals surface area contributed by atoms with Crippen LogP contribution in [0.25, 0.3) is 0 Å². The highest BCUT2D eigenvalue weighted by Gasteiger charge is 2.37. The van der Waals surface area contributed by atoms with Gasteiger partial charge in [0.15, 0.2) is 0 Å². The summed E-state index contributed by atoms with van der Waals surface area (Å²) in [7, 11) is 0. The Bertz CT molecular complexity index is 786. The number of nitro groups is 1. The Morgan fingerprint density at radius 3 is 2.19 bits per heavy atom. The molecule has 1 heterocycles. The second-order valence-corrected chi connectivity index (χ2v) is 5.32. The van der Waals surface area contributed by atoms with E-state index in [0.717, 1.165) is 15.4 Å². The number of hydrogen-bond donors (Lipinski definition) is 0. The lowest BCUT2D eigenvalue weighted by molar-refractivity contribution is -0.384. The Morgan fingerprint density at radius 2 is 1.57 bits per heavy atom. The van der Waals surface area contributed by atoms with Crippen molar-refractivity contribution in [2.45, 2.75) is 0 Å². The second-order valence-electron chi connectivity index (χ2n) is 4.41. The number of benzene rings is 2. The maximum atomic E-state index is 12.3. The van der Waals surface area contributed by atoms with Crippen LogP contribution < -0.4 is 4.90 Å². The molecule has 104 valence electrons. The number of nitro benzene ring substituents is 1. The van der Waals surface area contributed by atoms with Crippen LogP contribution in [0.5, 0.6) is 0 Å². The third kappa shape index (κ3) is 2.11. The molecular weight excluding hydrogens is 340 g/mol. The molecule has 0 unspecified atom stereocenters. The molecule has 0 aromatic heterocycles. The van der Waals surface area contributed by atoms with Gasteiger partial charge in [-0.2, -0.15) is 0 Å². The topological polar surface area (TPSA) is 80.5 Å². The average Bonchev–Trinajstić information content (AvgIpc) is 2.72. The summed E-state index contributed by atoms with van der Waals surface area (Å²) in [5.41, 5.74) is 0.435. The predicted molar refractivity (Wildman–Crippen MR) is 78.4 cm³/mol. The van der Waals surface area contributed by atoms with Gasteiger partial charge in [0.05, 0.1) is 21.7 Å². The van der Waals surface area contributed by atoms with Crippen LogP contribution in [0.2, 0.25) is 0 Å². The van der Waals surface area contributed by atoms with Gasteiger partial charge < -0.3 is 0 Å². The van der Waals surface area contributed by atoms with Gasteiger partial charge in [-0.15, -0.1) is 0 Å². The third-order valence-electron chi connectivity index (χ3n) is 3.17. The van der Waals surface area contributed by atoms with E-state index in [1.165, 1.54) is 12.1 Å². The lowest BCUT2D eigenvalue weighted by Gasteiger charge is -2.13. The normalized spacial score (nSPS) is 13.5. The van der Waals surface area contributed by atoms with Gasteiger partial charge in [-0.3, -0.25) is 19.7 Å². The van der Waals surface area contributed by atoms with Crippen LogP contribution in [-0.2, 0) is 0 Å². The number of non-ortho nitro benzene ring substituents is 1. The quantitative estimate of drug-likeness (QED) is 0.475. The number of carbonyl (C=O) groups excluding carboxylic acids is 2. The summed E-state index contributed by atoms with van der Waals surface area (Å²) in [6.45, 7) is 0. The summed E-state index contributed by atoms with van der Waals surface area (Å²) in [6.07, 6.45) is 0. The molecule has 2 aromatic rings. The fourth-order valence-corrected chi connectivity index (χ4v) is 2.43. The van der Waals surface area contributed by atoms with Crippen LogP contribution in [0.15, 0.2) is 46.9 Å². The molecule has 0 spiro atoms. The van der Waals surface area contributed by atoms with Crippen molar-refractivity contribution in [1.82, 2.24) is 0 Å². The van der Waals surface area contributed by atoms with Crippen molar-refractivity contribution in [2.75, 3.05) is 4.90 Å². The molecule has 0 radical (unpaired) electrons. The number of nitrogens with zero attached hydrogens (tertiary/aromatic N) is 2. The molecule has 1 aliphatic heterocycles. The van der Waals surface area contributed by atoms with Crippen molar-refractivity contribution in [2.24, 2.45) is 0 Å². The van der Waals surface area contributed by atoms with E-state index in [4.69, 9.17) is 0 Å². The highest BCUT2D eigenvalue weighted by Crippen LogP contribution is 2.31. The second kappa shape index (κ2) is 4.78. The van der Waals surface area contributed by atoms with Crippen LogP contribution in [-0.4, -0.2) is 16.7 Å². The molecule has 0 fully saturated rings. The van der Waals surface area contributed by atoms with E-state index >= 15 is 0 Å². The van der Waals surface area contributed by atoms with Gasteiger partial charge in [0.1, 0.15) is 0 Å². The Balaban J connectivity index is 2.08. The Labute approximate surface area is 127 Å². The van der Waals surface area contributed by atoms with Crippen molar-refractivity contribution < 1.29 is 14.5 Å². The number of carbonyl (C=O) groups is 2. The Morgan fingerprint density at radius 1 is 0.952 bits per heavy atom. The number of anilines is 1. The number of imide groups is 1. The van der Waals surface area contributed by atoms with Crippen molar-refractivity contribution in [3.05, 3.63) is 68.2 Å². The predicted octanol–water partition coefficient (Wildman–Crippen LogP) is 3.16. The van der Waals surface area contributed by atoms with Crippen molar-refractivity contribution in [3.63, 3.8) is 0 Å². The smallest absolute Gasteiger partial charge is 0.268 e. The highest BCUT2D eigenvalue weighted by molar-refractivity contribution is 9.10. The molecule has 1 aliphatic rings. The van der Waals surface area contributed by atoms with Gasteiger partial charge in [0, 0.05) is 16.6 Å². The monoisotopic (exact) mass is 346 g/mol. The van der Waals surface area contributed by atoms with Gasteiger partial charge in [0.2, 0.25) is 0 Å². The molecule has 2 aromatic carbocycles. The average molecular weight is 347 g/mol. The molecule has 0 atom stereocenters. The number of fused-ring (bicyclic) bond motifs is 1. The van der Waals surface area contributed by atoms with Crippen LogP contribution >= 0.6 is 15.9 Å². The Kier molecular flexibility index (Phi) is 3.06. The molecule has 3 rings (SSSR count). The number of amides is 2. The van der Waals surface area contributed by atoms with Gasteiger partial charge in [0.25, 0.3) is 17.5 Å². The first kappa shape index (κ1) is 13.4. The molecule has 0 N–H and O–H groups in total. The molecule has 6 nitrogen and oxygen atoms in total. The zero-order chi connectivity index (χ0) is 15.1. The molecule has 0 saturated carbocycles. The maximum Gasteiger partial charge on any atom is 0.270 e. The van der Waals surface area contributed by atoms with E-state index in [0.29, 0.717) is 5.69 Å². The first-order chi connectivity index (χ1) is 9.99. The summed E-state index contributed by atoms with van der Waals surface area (Å²) in [4.78, 5) is 35.8. The standard InChI is InChI=1S/C14H7BrN2O4/c15-8-1-3-9(4-2-8)16-13(18)11-6-5-10(17(20)21)7-12(11)14(16)19/h1-7H. The molecule has 21 heavy (non-hydrogen) atoms. The maximum absolute atomic E-state index is 12.3. The molecule has 0 bridgehead atoms.